The van der Waals surface area contributed by atoms with Crippen molar-refractivity contribution in [2.24, 2.45) is 0 Å². The van der Waals surface area contributed by atoms with Crippen molar-refractivity contribution in [1.29, 1.82) is 0 Å². The Morgan fingerprint density at radius 1 is 1.00 bits per heavy atom. The van der Waals surface area contributed by atoms with Crippen molar-refractivity contribution < 1.29 is 22.8 Å². The monoisotopic (exact) mass is 388 g/mol. The van der Waals surface area contributed by atoms with Crippen LogP contribution in [0.1, 0.15) is 41.0 Å². The number of hydrogen-bond acceptors (Lipinski definition) is 5. The fourth-order valence-electron chi connectivity index (χ4n) is 1.40. The summed E-state index contributed by atoms with van der Waals surface area (Å²) in [6, 6.07) is 0.918. The third-order valence-electron chi connectivity index (χ3n) is 2.82. The van der Waals surface area contributed by atoms with E-state index in [0.717, 1.165) is 12.5 Å². The van der Waals surface area contributed by atoms with Crippen LogP contribution >= 0.6 is 0 Å². The summed E-state index contributed by atoms with van der Waals surface area (Å²) in [5.74, 6) is -0.331. The van der Waals surface area contributed by atoms with Crippen molar-refractivity contribution >= 4 is 35.3 Å². The van der Waals surface area contributed by atoms with E-state index in [1.165, 1.54) is 11.1 Å². The highest BCUT2D eigenvalue weighted by Crippen LogP contribution is 2.02. The van der Waals surface area contributed by atoms with E-state index in [9.17, 15) is 4.79 Å². The topological polar surface area (TPSA) is 54.0 Å². The van der Waals surface area contributed by atoms with Gasteiger partial charge in [-0.2, -0.15) is 0 Å². The largest absolute Gasteiger partial charge is 0.462 e. The van der Waals surface area contributed by atoms with Crippen LogP contribution in [0.5, 0.6) is 0 Å². The number of esters is 1. The molecule has 0 spiro atoms. The van der Waals surface area contributed by atoms with E-state index in [2.05, 4.69) is 45.7 Å². The summed E-state index contributed by atoms with van der Waals surface area (Å²) in [6.45, 7) is 13.3. The van der Waals surface area contributed by atoms with E-state index in [4.69, 9.17) is 18.0 Å². The van der Waals surface area contributed by atoms with Crippen LogP contribution in [0.15, 0.2) is 34.7 Å². The molecule has 0 rings (SSSR count). The SMILES string of the molecule is C=C(C)C(=O)OCCC[SiH2]OC(O[SiH2]C=C(C)C)O[SiH2]C=C(C)C. The summed E-state index contributed by atoms with van der Waals surface area (Å²) >= 11 is 0. The molecular weight excluding hydrogens is 356 g/mol. The third-order valence-corrected chi connectivity index (χ3v) is 7.01. The molecule has 0 aliphatic heterocycles. The van der Waals surface area contributed by atoms with Crippen LogP contribution in [0.25, 0.3) is 0 Å². The molecule has 0 heterocycles. The molecule has 0 saturated heterocycles. The van der Waals surface area contributed by atoms with Crippen molar-refractivity contribution in [2.45, 2.75) is 53.6 Å². The second-order valence-electron chi connectivity index (χ2n) is 6.01. The molecule has 0 aromatic carbocycles. The molecule has 0 amide bonds. The predicted molar refractivity (Wildman–Crippen MR) is 107 cm³/mol. The van der Waals surface area contributed by atoms with Gasteiger partial charge in [0.05, 0.1) is 6.61 Å². The van der Waals surface area contributed by atoms with Crippen LogP contribution in [0, 0.1) is 0 Å². The molecule has 0 aliphatic carbocycles. The van der Waals surface area contributed by atoms with Crippen LogP contribution in [-0.4, -0.2) is 48.3 Å². The molecule has 0 radical (unpaired) electrons. The minimum absolute atomic E-state index is 0.331. The van der Waals surface area contributed by atoms with E-state index >= 15 is 0 Å². The molecule has 8 heteroatoms. The normalized spacial score (nSPS) is 13.0. The summed E-state index contributed by atoms with van der Waals surface area (Å²) in [4.78, 5) is 11.2. The lowest BCUT2D eigenvalue weighted by atomic mass is 10.4. The molecule has 0 unspecified atom stereocenters. The van der Waals surface area contributed by atoms with Gasteiger partial charge in [0.15, 0.2) is 29.3 Å². The third kappa shape index (κ3) is 14.8. The average Bonchev–Trinajstić information content (AvgIpc) is 2.48. The lowest BCUT2D eigenvalue weighted by Crippen LogP contribution is -2.26. The van der Waals surface area contributed by atoms with Crippen molar-refractivity contribution in [1.82, 2.24) is 0 Å². The van der Waals surface area contributed by atoms with Crippen LogP contribution in [0.3, 0.4) is 0 Å². The molecule has 24 heavy (non-hydrogen) atoms. The van der Waals surface area contributed by atoms with Crippen molar-refractivity contribution in [3.05, 3.63) is 34.7 Å². The molecule has 0 aromatic rings. The molecule has 0 atom stereocenters. The smallest absolute Gasteiger partial charge is 0.333 e. The molecule has 5 nitrogen and oxygen atoms in total. The Morgan fingerprint density at radius 3 is 2.00 bits per heavy atom. The molecule has 138 valence electrons. The highest BCUT2D eigenvalue weighted by Gasteiger charge is 2.08. The quantitative estimate of drug-likeness (QED) is 0.157. The van der Waals surface area contributed by atoms with E-state index in [1.807, 2.05) is 0 Å². The van der Waals surface area contributed by atoms with Crippen LogP contribution in [0.4, 0.5) is 0 Å². The van der Waals surface area contributed by atoms with Gasteiger partial charge in [-0.1, -0.05) is 29.1 Å². The van der Waals surface area contributed by atoms with Crippen molar-refractivity contribution in [2.75, 3.05) is 6.61 Å². The highest BCUT2D eigenvalue weighted by molar-refractivity contribution is 6.36. The fourth-order valence-corrected chi connectivity index (χ4v) is 4.50. The molecular formula is C16H32O5Si3. The van der Waals surface area contributed by atoms with Gasteiger partial charge in [0.25, 0.3) is 0 Å². The number of hydrogen-bond donors (Lipinski definition) is 0. The maximum atomic E-state index is 11.2. The Morgan fingerprint density at radius 2 is 1.54 bits per heavy atom. The number of carbonyl (C=O) groups is 1. The first-order chi connectivity index (χ1) is 11.3. The van der Waals surface area contributed by atoms with Gasteiger partial charge < -0.3 is 18.0 Å². The van der Waals surface area contributed by atoms with Crippen molar-refractivity contribution in [3.63, 3.8) is 0 Å². The van der Waals surface area contributed by atoms with Crippen LogP contribution < -0.4 is 0 Å². The van der Waals surface area contributed by atoms with Gasteiger partial charge >= 0.3 is 5.97 Å². The maximum absolute atomic E-state index is 11.2. The van der Waals surface area contributed by atoms with Crippen LogP contribution in [-0.2, 0) is 22.8 Å². The summed E-state index contributed by atoms with van der Waals surface area (Å²) in [6.07, 6.45) is 0.800. The summed E-state index contributed by atoms with van der Waals surface area (Å²) in [5.41, 5.74) is 7.23. The standard InChI is InChI=1S/C16H32O5Si3/c1-12(2)10-23-20-16(21-24-11-13(3)4)19-22-9-7-8-18-15(17)14(5)6/h10-11,16H,5,7-9,22-24H2,1-4,6H3. The van der Waals surface area contributed by atoms with Crippen molar-refractivity contribution in [3.8, 4) is 0 Å². The number of rotatable bonds is 13. The van der Waals surface area contributed by atoms with Gasteiger partial charge in [0.2, 0.25) is 6.48 Å². The predicted octanol–water partition coefficient (Wildman–Crippen LogP) is 1.35. The molecule has 0 aromatic heterocycles. The average molecular weight is 389 g/mol. The lowest BCUT2D eigenvalue weighted by Gasteiger charge is -2.19. The van der Waals surface area contributed by atoms with Crippen LogP contribution in [0.2, 0.25) is 6.04 Å². The van der Waals surface area contributed by atoms with Gasteiger partial charge in [-0.05, 0) is 47.1 Å². The highest BCUT2D eigenvalue weighted by atomic mass is 28.2. The van der Waals surface area contributed by atoms with E-state index in [1.54, 1.807) is 6.92 Å². The molecule has 0 N–H and O–H groups in total. The second-order valence-corrected chi connectivity index (χ2v) is 9.61. The Kier molecular flexibility index (Phi) is 14.1. The Labute approximate surface area is 153 Å². The van der Waals surface area contributed by atoms with E-state index < -0.39 is 35.8 Å². The number of carbonyl (C=O) groups excluding carboxylic acids is 1. The van der Waals surface area contributed by atoms with Gasteiger partial charge in [-0.15, -0.1) is 0 Å². The first kappa shape index (κ1) is 23.2. The van der Waals surface area contributed by atoms with E-state index in [0.29, 0.717) is 12.2 Å². The van der Waals surface area contributed by atoms with Gasteiger partial charge in [-0.25, -0.2) is 4.79 Å². The lowest BCUT2D eigenvalue weighted by molar-refractivity contribution is -0.140. The van der Waals surface area contributed by atoms with Gasteiger partial charge in [0, 0.05) is 5.57 Å². The maximum Gasteiger partial charge on any atom is 0.333 e. The first-order valence-corrected chi connectivity index (χ1v) is 12.6. The zero-order valence-electron chi connectivity index (χ0n) is 15.7. The Bertz CT molecular complexity index is 419. The minimum atomic E-state index is -0.762. The zero-order valence-corrected chi connectivity index (χ0v) is 20.0. The molecule has 0 bridgehead atoms. The Balaban J connectivity index is 4.01. The molecule has 0 saturated carbocycles. The fraction of sp³-hybridized carbons (Fsp3) is 0.562. The Hall–Kier alpha value is -0.779. The zero-order chi connectivity index (χ0) is 18.4. The van der Waals surface area contributed by atoms with E-state index in [-0.39, 0.29) is 5.97 Å². The summed E-state index contributed by atoms with van der Waals surface area (Å²) in [7, 11) is -2.28. The summed E-state index contributed by atoms with van der Waals surface area (Å²) in [5, 5.41) is 0. The molecule has 0 aliphatic rings. The first-order valence-electron chi connectivity index (χ1n) is 8.27. The number of ether oxygens (including phenoxy) is 1. The summed E-state index contributed by atoms with van der Waals surface area (Å²) < 4.78 is 22.4. The van der Waals surface area contributed by atoms with Gasteiger partial charge in [0.1, 0.15) is 0 Å². The number of allylic oxidation sites excluding steroid dienone is 2. The molecule has 0 fully saturated rings. The van der Waals surface area contributed by atoms with Gasteiger partial charge in [-0.3, -0.25) is 0 Å². The second kappa shape index (κ2) is 14.6. The minimum Gasteiger partial charge on any atom is -0.462 e.